The van der Waals surface area contributed by atoms with Crippen LogP contribution in [0.3, 0.4) is 0 Å². The highest BCUT2D eigenvalue weighted by Gasteiger charge is 2.31. The van der Waals surface area contributed by atoms with Crippen molar-refractivity contribution in [2.45, 2.75) is 45.1 Å². The van der Waals surface area contributed by atoms with Crippen molar-refractivity contribution in [2.75, 3.05) is 0 Å². The Labute approximate surface area is 62.1 Å². The van der Waals surface area contributed by atoms with Crippen molar-refractivity contribution in [1.29, 1.82) is 0 Å². The van der Waals surface area contributed by atoms with E-state index in [0.29, 0.717) is 5.92 Å². The summed E-state index contributed by atoms with van der Waals surface area (Å²) in [5.41, 5.74) is -0.252. The van der Waals surface area contributed by atoms with Crippen molar-refractivity contribution in [1.82, 2.24) is 0 Å². The Balaban J connectivity index is 2.45. The fourth-order valence-corrected chi connectivity index (χ4v) is 1.85. The van der Waals surface area contributed by atoms with Crippen LogP contribution in [0.2, 0.25) is 0 Å². The Bertz CT molecular complexity index is 114. The van der Waals surface area contributed by atoms with E-state index in [2.05, 4.69) is 11.8 Å². The maximum atomic E-state index is 8.57. The average Bonchev–Trinajstić information content (AvgIpc) is 1.88. The van der Waals surface area contributed by atoms with E-state index in [1.54, 1.807) is 0 Å². The summed E-state index contributed by atoms with van der Waals surface area (Å²) in [4.78, 5) is 4.45. The molecule has 1 aliphatic rings. The first-order chi connectivity index (χ1) is 4.66. The molecule has 0 aromatic heterocycles. The van der Waals surface area contributed by atoms with E-state index in [0.717, 1.165) is 12.8 Å². The van der Waals surface area contributed by atoms with Gasteiger partial charge in [0.15, 0.2) is 0 Å². The van der Waals surface area contributed by atoms with Crippen molar-refractivity contribution >= 4 is 0 Å². The van der Waals surface area contributed by atoms with Gasteiger partial charge in [0.05, 0.1) is 0 Å². The van der Waals surface area contributed by atoms with E-state index >= 15 is 0 Å². The smallest absolute Gasteiger partial charge is 0.101 e. The van der Waals surface area contributed by atoms with Crippen LogP contribution in [0.1, 0.15) is 39.5 Å². The van der Waals surface area contributed by atoms with Crippen molar-refractivity contribution in [3.05, 3.63) is 0 Å². The van der Waals surface area contributed by atoms with Crippen LogP contribution in [-0.2, 0) is 4.89 Å². The summed E-state index contributed by atoms with van der Waals surface area (Å²) in [7, 11) is 0. The van der Waals surface area contributed by atoms with Crippen molar-refractivity contribution < 1.29 is 10.1 Å². The summed E-state index contributed by atoms with van der Waals surface area (Å²) in [6, 6.07) is 0. The molecule has 1 aliphatic carbocycles. The van der Waals surface area contributed by atoms with Gasteiger partial charge in [-0.1, -0.05) is 19.8 Å². The molecule has 1 fully saturated rings. The molecule has 0 aromatic carbocycles. The van der Waals surface area contributed by atoms with Crippen LogP contribution in [0, 0.1) is 5.92 Å². The lowest BCUT2D eigenvalue weighted by Crippen LogP contribution is -2.33. The SMILES string of the molecule is CC1CCCC(C)(OO)C1. The topological polar surface area (TPSA) is 29.5 Å². The first-order valence-electron chi connectivity index (χ1n) is 3.99. The number of rotatable bonds is 1. The Morgan fingerprint density at radius 1 is 1.60 bits per heavy atom. The maximum Gasteiger partial charge on any atom is 0.101 e. The zero-order chi connectivity index (χ0) is 7.61. The lowest BCUT2D eigenvalue weighted by Gasteiger charge is -2.33. The van der Waals surface area contributed by atoms with Crippen LogP contribution in [0.15, 0.2) is 0 Å². The molecule has 0 radical (unpaired) electrons. The minimum atomic E-state index is -0.252. The van der Waals surface area contributed by atoms with E-state index in [-0.39, 0.29) is 5.60 Å². The van der Waals surface area contributed by atoms with Crippen LogP contribution in [0.5, 0.6) is 0 Å². The lowest BCUT2D eigenvalue weighted by molar-refractivity contribution is -0.327. The van der Waals surface area contributed by atoms with Gasteiger partial charge in [-0.2, -0.15) is 0 Å². The predicted molar refractivity (Wildman–Crippen MR) is 39.8 cm³/mol. The molecule has 60 valence electrons. The molecule has 1 N–H and O–H groups in total. The number of hydrogen-bond donors (Lipinski definition) is 1. The van der Waals surface area contributed by atoms with Crippen LogP contribution in [-0.4, -0.2) is 10.9 Å². The van der Waals surface area contributed by atoms with Crippen LogP contribution in [0.4, 0.5) is 0 Å². The highest BCUT2D eigenvalue weighted by atomic mass is 17.1. The summed E-state index contributed by atoms with van der Waals surface area (Å²) in [5, 5.41) is 8.57. The molecule has 0 aromatic rings. The largest absolute Gasteiger partial charge is 0.251 e. The normalized spacial score (nSPS) is 41.7. The Morgan fingerprint density at radius 2 is 2.30 bits per heavy atom. The van der Waals surface area contributed by atoms with Gasteiger partial charge in [-0.05, 0) is 25.7 Å². The van der Waals surface area contributed by atoms with Gasteiger partial charge in [-0.3, -0.25) is 5.26 Å². The second kappa shape index (κ2) is 2.89. The third-order valence-electron chi connectivity index (χ3n) is 2.40. The molecule has 0 heterocycles. The van der Waals surface area contributed by atoms with Gasteiger partial charge in [0.2, 0.25) is 0 Å². The molecule has 0 spiro atoms. The van der Waals surface area contributed by atoms with E-state index in [9.17, 15) is 0 Å². The summed E-state index contributed by atoms with van der Waals surface area (Å²) in [5.74, 6) is 0.700. The van der Waals surface area contributed by atoms with E-state index in [4.69, 9.17) is 5.26 Å². The molecule has 1 saturated carbocycles. The predicted octanol–water partition coefficient (Wildman–Crippen LogP) is 2.44. The molecule has 2 nitrogen and oxygen atoms in total. The molecule has 0 saturated heterocycles. The second-order valence-electron chi connectivity index (χ2n) is 3.74. The molecular formula is C8H16O2. The first kappa shape index (κ1) is 8.02. The lowest BCUT2D eigenvalue weighted by atomic mass is 9.80. The van der Waals surface area contributed by atoms with Crippen molar-refractivity contribution in [3.63, 3.8) is 0 Å². The average molecular weight is 144 g/mol. The second-order valence-corrected chi connectivity index (χ2v) is 3.74. The Morgan fingerprint density at radius 3 is 2.70 bits per heavy atom. The summed E-state index contributed by atoms with van der Waals surface area (Å²) in [6.45, 7) is 4.18. The third kappa shape index (κ3) is 1.70. The first-order valence-corrected chi connectivity index (χ1v) is 3.99. The molecule has 2 unspecified atom stereocenters. The molecule has 1 rings (SSSR count). The van der Waals surface area contributed by atoms with E-state index in [1.165, 1.54) is 12.8 Å². The van der Waals surface area contributed by atoms with Gasteiger partial charge in [0, 0.05) is 0 Å². The van der Waals surface area contributed by atoms with Gasteiger partial charge >= 0.3 is 0 Å². The zero-order valence-corrected chi connectivity index (χ0v) is 6.76. The van der Waals surface area contributed by atoms with Gasteiger partial charge in [-0.25, -0.2) is 4.89 Å². The van der Waals surface area contributed by atoms with Gasteiger partial charge in [0.25, 0.3) is 0 Å². The van der Waals surface area contributed by atoms with Gasteiger partial charge < -0.3 is 0 Å². The van der Waals surface area contributed by atoms with Gasteiger partial charge in [0.1, 0.15) is 5.60 Å². The molecule has 0 amide bonds. The van der Waals surface area contributed by atoms with Crippen molar-refractivity contribution in [2.24, 2.45) is 5.92 Å². The highest BCUT2D eigenvalue weighted by molar-refractivity contribution is 4.81. The monoisotopic (exact) mass is 144 g/mol. The molecule has 2 heteroatoms. The summed E-state index contributed by atoms with van der Waals surface area (Å²) in [6.07, 6.45) is 4.44. The Hall–Kier alpha value is -0.0800. The van der Waals surface area contributed by atoms with E-state index in [1.807, 2.05) is 6.92 Å². The zero-order valence-electron chi connectivity index (χ0n) is 6.76. The van der Waals surface area contributed by atoms with Crippen LogP contribution in [0.25, 0.3) is 0 Å². The summed E-state index contributed by atoms with van der Waals surface area (Å²) >= 11 is 0. The standard InChI is InChI=1S/C8H16O2/c1-7-4-3-5-8(2,6-7)10-9/h7,9H,3-6H2,1-2H3. The quantitative estimate of drug-likeness (QED) is 0.452. The minimum absolute atomic E-state index is 0.252. The molecular weight excluding hydrogens is 128 g/mol. The Kier molecular flexibility index (Phi) is 2.32. The van der Waals surface area contributed by atoms with Crippen LogP contribution >= 0.6 is 0 Å². The van der Waals surface area contributed by atoms with Crippen LogP contribution < -0.4 is 0 Å². The van der Waals surface area contributed by atoms with Crippen molar-refractivity contribution in [3.8, 4) is 0 Å². The van der Waals surface area contributed by atoms with E-state index < -0.39 is 0 Å². The summed E-state index contributed by atoms with van der Waals surface area (Å²) < 4.78 is 0. The molecule has 0 bridgehead atoms. The fourth-order valence-electron chi connectivity index (χ4n) is 1.85. The highest BCUT2D eigenvalue weighted by Crippen LogP contribution is 2.33. The van der Waals surface area contributed by atoms with Gasteiger partial charge in [-0.15, -0.1) is 0 Å². The maximum absolute atomic E-state index is 8.57. The molecule has 10 heavy (non-hydrogen) atoms. The third-order valence-corrected chi connectivity index (χ3v) is 2.40. The fraction of sp³-hybridized carbons (Fsp3) is 1.00. The minimum Gasteiger partial charge on any atom is -0.251 e. The molecule has 2 atom stereocenters. The molecule has 0 aliphatic heterocycles. The number of hydrogen-bond acceptors (Lipinski definition) is 2.